The summed E-state index contributed by atoms with van der Waals surface area (Å²) in [6.45, 7) is 5.72. The summed E-state index contributed by atoms with van der Waals surface area (Å²) in [5.74, 6) is -0.131. The van der Waals surface area contributed by atoms with E-state index >= 15 is 0 Å². The summed E-state index contributed by atoms with van der Waals surface area (Å²) in [5, 5.41) is 2.77. The van der Waals surface area contributed by atoms with Crippen LogP contribution >= 0.6 is 15.9 Å². The molecule has 7 heteroatoms. The van der Waals surface area contributed by atoms with Gasteiger partial charge in [0.2, 0.25) is 0 Å². The predicted octanol–water partition coefficient (Wildman–Crippen LogP) is 4.27. The van der Waals surface area contributed by atoms with Gasteiger partial charge in [-0.2, -0.15) is 0 Å². The zero-order chi connectivity index (χ0) is 20.0. The topological polar surface area (TPSA) is 73.9 Å². The Bertz CT molecular complexity index is 830. The quantitative estimate of drug-likeness (QED) is 0.657. The number of para-hydroxylation sites is 1. The summed E-state index contributed by atoms with van der Waals surface area (Å²) < 4.78 is 16.4. The van der Waals surface area contributed by atoms with E-state index in [1.165, 1.54) is 13.2 Å². The number of ether oxygens (including phenoxy) is 3. The number of benzene rings is 2. The molecule has 0 bridgehead atoms. The number of methoxy groups -OCH3 is 1. The van der Waals surface area contributed by atoms with Crippen LogP contribution in [-0.2, 0) is 9.53 Å². The summed E-state index contributed by atoms with van der Waals surface area (Å²) in [7, 11) is 1.48. The molecule has 0 radical (unpaired) electrons. The van der Waals surface area contributed by atoms with Gasteiger partial charge in [-0.05, 0) is 60.0 Å². The Hall–Kier alpha value is -2.54. The maximum Gasteiger partial charge on any atom is 0.338 e. The van der Waals surface area contributed by atoms with Crippen molar-refractivity contribution in [3.8, 4) is 11.5 Å². The first-order valence-corrected chi connectivity index (χ1v) is 9.20. The monoisotopic (exact) mass is 435 g/mol. The fourth-order valence-corrected chi connectivity index (χ4v) is 3.08. The standard InChI is InChI=1S/C20H22BrNO5/c1-5-26-19-15(21)9-14(10-16(19)25-4)20(24)27-11-17(23)22-18-12(2)7-6-8-13(18)3/h6-10H,5,11H2,1-4H3,(H,22,23). The van der Waals surface area contributed by atoms with E-state index in [-0.39, 0.29) is 12.2 Å². The molecule has 0 saturated heterocycles. The molecule has 0 aromatic heterocycles. The van der Waals surface area contributed by atoms with Gasteiger partial charge in [0.05, 0.1) is 23.8 Å². The van der Waals surface area contributed by atoms with Crippen LogP contribution in [0.3, 0.4) is 0 Å². The van der Waals surface area contributed by atoms with E-state index in [0.717, 1.165) is 16.8 Å². The smallest absolute Gasteiger partial charge is 0.338 e. The van der Waals surface area contributed by atoms with Crippen LogP contribution in [-0.4, -0.2) is 32.2 Å². The van der Waals surface area contributed by atoms with Crippen molar-refractivity contribution in [3.63, 3.8) is 0 Å². The number of hydrogen-bond donors (Lipinski definition) is 1. The number of nitrogens with one attached hydrogen (secondary N) is 1. The molecule has 0 unspecified atom stereocenters. The zero-order valence-corrected chi connectivity index (χ0v) is 17.3. The number of hydrogen-bond acceptors (Lipinski definition) is 5. The molecule has 0 aliphatic carbocycles. The molecule has 0 aliphatic rings. The van der Waals surface area contributed by atoms with Crippen LogP contribution in [0, 0.1) is 13.8 Å². The highest BCUT2D eigenvalue weighted by atomic mass is 79.9. The number of carbonyl (C=O) groups excluding carboxylic acids is 2. The van der Waals surface area contributed by atoms with Gasteiger partial charge >= 0.3 is 5.97 Å². The number of esters is 1. The lowest BCUT2D eigenvalue weighted by Crippen LogP contribution is -2.22. The average Bonchev–Trinajstić information content (AvgIpc) is 2.64. The largest absolute Gasteiger partial charge is 0.493 e. The Morgan fingerprint density at radius 1 is 1.15 bits per heavy atom. The third kappa shape index (κ3) is 5.23. The highest BCUT2D eigenvalue weighted by Crippen LogP contribution is 2.36. The normalized spacial score (nSPS) is 10.3. The molecule has 1 N–H and O–H groups in total. The summed E-state index contributed by atoms with van der Waals surface area (Å²) in [4.78, 5) is 24.4. The SMILES string of the molecule is CCOc1c(Br)cc(C(=O)OCC(=O)Nc2c(C)cccc2C)cc1OC. The molecule has 0 aliphatic heterocycles. The number of anilines is 1. The highest BCUT2D eigenvalue weighted by Gasteiger charge is 2.17. The van der Waals surface area contributed by atoms with E-state index < -0.39 is 11.9 Å². The second kappa shape index (κ2) is 9.41. The first kappa shape index (κ1) is 20.8. The van der Waals surface area contributed by atoms with Crippen molar-refractivity contribution in [3.05, 3.63) is 51.5 Å². The summed E-state index contributed by atoms with van der Waals surface area (Å²) in [5.41, 5.74) is 2.86. The Morgan fingerprint density at radius 2 is 1.81 bits per heavy atom. The van der Waals surface area contributed by atoms with Gasteiger partial charge in [0.1, 0.15) is 0 Å². The molecule has 0 heterocycles. The molecule has 0 atom stereocenters. The van der Waals surface area contributed by atoms with Crippen molar-refractivity contribution in [2.45, 2.75) is 20.8 Å². The molecule has 0 saturated carbocycles. The minimum atomic E-state index is -0.631. The van der Waals surface area contributed by atoms with Gasteiger partial charge in [0, 0.05) is 5.69 Å². The molecule has 2 aromatic rings. The lowest BCUT2D eigenvalue weighted by molar-refractivity contribution is -0.119. The second-order valence-electron chi connectivity index (χ2n) is 5.81. The summed E-state index contributed by atoms with van der Waals surface area (Å²) in [6, 6.07) is 8.80. The van der Waals surface area contributed by atoms with Crippen molar-refractivity contribution < 1.29 is 23.8 Å². The van der Waals surface area contributed by atoms with Gasteiger partial charge in [0.25, 0.3) is 5.91 Å². The van der Waals surface area contributed by atoms with Gasteiger partial charge in [-0.25, -0.2) is 4.79 Å². The average molecular weight is 436 g/mol. The van der Waals surface area contributed by atoms with Crippen molar-refractivity contribution in [1.82, 2.24) is 0 Å². The fraction of sp³-hybridized carbons (Fsp3) is 0.300. The minimum Gasteiger partial charge on any atom is -0.493 e. The van der Waals surface area contributed by atoms with Crippen molar-refractivity contribution >= 4 is 33.5 Å². The Morgan fingerprint density at radius 3 is 2.41 bits per heavy atom. The lowest BCUT2D eigenvalue weighted by atomic mass is 10.1. The minimum absolute atomic E-state index is 0.252. The van der Waals surface area contributed by atoms with Crippen LogP contribution in [0.2, 0.25) is 0 Å². The third-order valence-corrected chi connectivity index (χ3v) is 4.42. The van der Waals surface area contributed by atoms with Crippen molar-refractivity contribution in [2.24, 2.45) is 0 Å². The molecular formula is C20H22BrNO5. The van der Waals surface area contributed by atoms with Crippen LogP contribution in [0.4, 0.5) is 5.69 Å². The van der Waals surface area contributed by atoms with Crippen molar-refractivity contribution in [1.29, 1.82) is 0 Å². The molecule has 144 valence electrons. The maximum absolute atomic E-state index is 12.3. The summed E-state index contributed by atoms with van der Waals surface area (Å²) >= 11 is 3.36. The van der Waals surface area contributed by atoms with E-state index in [0.29, 0.717) is 22.6 Å². The molecule has 0 spiro atoms. The molecule has 1 amide bonds. The molecule has 27 heavy (non-hydrogen) atoms. The first-order valence-electron chi connectivity index (χ1n) is 8.40. The van der Waals surface area contributed by atoms with Gasteiger partial charge in [-0.3, -0.25) is 4.79 Å². The summed E-state index contributed by atoms with van der Waals surface area (Å²) in [6.07, 6.45) is 0. The van der Waals surface area contributed by atoms with E-state index in [1.54, 1.807) is 6.07 Å². The van der Waals surface area contributed by atoms with Crippen molar-refractivity contribution in [2.75, 3.05) is 25.6 Å². The van der Waals surface area contributed by atoms with Crippen LogP contribution in [0.5, 0.6) is 11.5 Å². The van der Waals surface area contributed by atoms with E-state index in [4.69, 9.17) is 14.2 Å². The molecule has 6 nitrogen and oxygen atoms in total. The molecular weight excluding hydrogens is 414 g/mol. The molecule has 2 aromatic carbocycles. The second-order valence-corrected chi connectivity index (χ2v) is 6.67. The Labute approximate surface area is 166 Å². The van der Waals surface area contributed by atoms with Crippen LogP contribution in [0.1, 0.15) is 28.4 Å². The number of rotatable bonds is 7. The van der Waals surface area contributed by atoms with Gasteiger partial charge < -0.3 is 19.5 Å². The number of amides is 1. The van der Waals surface area contributed by atoms with Crippen LogP contribution < -0.4 is 14.8 Å². The fourth-order valence-electron chi connectivity index (χ4n) is 2.52. The number of carbonyl (C=O) groups is 2. The Kier molecular flexibility index (Phi) is 7.24. The number of halogens is 1. The highest BCUT2D eigenvalue weighted by molar-refractivity contribution is 9.10. The lowest BCUT2D eigenvalue weighted by Gasteiger charge is -2.14. The van der Waals surface area contributed by atoms with E-state index in [1.807, 2.05) is 39.0 Å². The Balaban J connectivity index is 2.05. The maximum atomic E-state index is 12.3. The predicted molar refractivity (Wildman–Crippen MR) is 107 cm³/mol. The zero-order valence-electron chi connectivity index (χ0n) is 15.7. The molecule has 0 fully saturated rings. The van der Waals surface area contributed by atoms with Gasteiger partial charge in [-0.15, -0.1) is 0 Å². The van der Waals surface area contributed by atoms with Crippen LogP contribution in [0.25, 0.3) is 0 Å². The number of aryl methyl sites for hydroxylation is 2. The first-order chi connectivity index (χ1) is 12.9. The van der Waals surface area contributed by atoms with E-state index in [2.05, 4.69) is 21.2 Å². The third-order valence-electron chi connectivity index (χ3n) is 3.83. The van der Waals surface area contributed by atoms with Gasteiger partial charge in [-0.1, -0.05) is 18.2 Å². The van der Waals surface area contributed by atoms with Crippen LogP contribution in [0.15, 0.2) is 34.8 Å². The van der Waals surface area contributed by atoms with Gasteiger partial charge in [0.15, 0.2) is 18.1 Å². The van der Waals surface area contributed by atoms with E-state index in [9.17, 15) is 9.59 Å². The molecule has 2 rings (SSSR count).